The van der Waals surface area contributed by atoms with Crippen molar-refractivity contribution in [2.24, 2.45) is 5.73 Å². The van der Waals surface area contributed by atoms with Gasteiger partial charge in [0.05, 0.1) is 5.39 Å². The second-order valence-corrected chi connectivity index (χ2v) is 7.49. The number of fused-ring (bicyclic) bond motifs is 1. The molecule has 4 N–H and O–H groups in total. The molecule has 2 amide bonds. The van der Waals surface area contributed by atoms with Crippen LogP contribution in [0.25, 0.3) is 10.2 Å². The Labute approximate surface area is 150 Å². The molecular formula is C15H15N5O3S2. The summed E-state index contributed by atoms with van der Waals surface area (Å²) in [7, 11) is 0. The van der Waals surface area contributed by atoms with E-state index in [0.29, 0.717) is 27.6 Å². The normalized spacial score (nSPS) is 11.0. The number of nitrogens with zero attached hydrogens (tertiary/aromatic N) is 2. The minimum Gasteiger partial charge on any atom is -0.364 e. The molecule has 0 saturated heterocycles. The fourth-order valence-corrected chi connectivity index (χ4v) is 4.04. The molecule has 10 heteroatoms. The Kier molecular flexibility index (Phi) is 4.64. The Bertz CT molecular complexity index is 1030. The third kappa shape index (κ3) is 3.59. The molecule has 0 atom stereocenters. The maximum atomic E-state index is 12.2. The first-order valence-electron chi connectivity index (χ1n) is 7.39. The lowest BCUT2D eigenvalue weighted by Crippen LogP contribution is -2.16. The van der Waals surface area contributed by atoms with Crippen LogP contribution < -0.4 is 16.6 Å². The van der Waals surface area contributed by atoms with E-state index in [1.165, 1.54) is 16.7 Å². The summed E-state index contributed by atoms with van der Waals surface area (Å²) in [4.78, 5) is 48.0. The number of primary amides is 1. The molecule has 0 aliphatic heterocycles. The molecule has 0 saturated carbocycles. The van der Waals surface area contributed by atoms with Crippen LogP contribution >= 0.6 is 22.7 Å². The number of nitrogens with one attached hydrogen (secondary N) is 2. The number of aryl methyl sites for hydroxylation is 3. The Hall–Kier alpha value is -2.59. The molecule has 0 fully saturated rings. The van der Waals surface area contributed by atoms with Gasteiger partial charge in [0.15, 0.2) is 5.13 Å². The summed E-state index contributed by atoms with van der Waals surface area (Å²) >= 11 is 2.59. The second-order valence-electron chi connectivity index (χ2n) is 5.43. The molecular weight excluding hydrogens is 362 g/mol. The number of H-pyrrole nitrogens is 1. The first-order chi connectivity index (χ1) is 11.8. The van der Waals surface area contributed by atoms with Gasteiger partial charge in [-0.1, -0.05) is 0 Å². The van der Waals surface area contributed by atoms with E-state index in [1.807, 2.05) is 13.8 Å². The summed E-state index contributed by atoms with van der Waals surface area (Å²) in [5.41, 5.74) is 5.98. The van der Waals surface area contributed by atoms with Gasteiger partial charge in [-0.25, -0.2) is 9.97 Å². The van der Waals surface area contributed by atoms with Crippen molar-refractivity contribution in [3.05, 3.63) is 37.7 Å². The van der Waals surface area contributed by atoms with Crippen molar-refractivity contribution in [3.8, 4) is 0 Å². The van der Waals surface area contributed by atoms with E-state index in [2.05, 4.69) is 20.3 Å². The highest BCUT2D eigenvalue weighted by molar-refractivity contribution is 7.18. The van der Waals surface area contributed by atoms with Crippen LogP contribution in [0.15, 0.2) is 10.2 Å². The Morgan fingerprint density at radius 3 is 2.76 bits per heavy atom. The largest absolute Gasteiger partial charge is 0.364 e. The molecule has 0 unspecified atom stereocenters. The van der Waals surface area contributed by atoms with Crippen molar-refractivity contribution >= 4 is 49.8 Å². The van der Waals surface area contributed by atoms with Crippen LogP contribution in [0.3, 0.4) is 0 Å². The molecule has 0 bridgehead atoms. The average Bonchev–Trinajstić information content (AvgIpc) is 3.11. The summed E-state index contributed by atoms with van der Waals surface area (Å²) in [6.45, 7) is 3.84. The number of hydrogen-bond acceptors (Lipinski definition) is 7. The van der Waals surface area contributed by atoms with Gasteiger partial charge in [0.1, 0.15) is 16.3 Å². The van der Waals surface area contributed by atoms with Gasteiger partial charge in [0.2, 0.25) is 5.91 Å². The van der Waals surface area contributed by atoms with Gasteiger partial charge in [-0.3, -0.25) is 14.4 Å². The molecule has 8 nitrogen and oxygen atoms in total. The van der Waals surface area contributed by atoms with Crippen molar-refractivity contribution < 1.29 is 9.59 Å². The maximum absolute atomic E-state index is 12.2. The van der Waals surface area contributed by atoms with Crippen LogP contribution in [-0.2, 0) is 11.2 Å². The van der Waals surface area contributed by atoms with Crippen molar-refractivity contribution in [2.75, 3.05) is 5.32 Å². The molecule has 0 spiro atoms. The minimum atomic E-state index is -0.645. The van der Waals surface area contributed by atoms with Gasteiger partial charge >= 0.3 is 0 Å². The van der Waals surface area contributed by atoms with Gasteiger partial charge in [0, 0.05) is 23.1 Å². The number of hydrogen-bond donors (Lipinski definition) is 3. The number of thiazole rings is 1. The van der Waals surface area contributed by atoms with E-state index in [-0.39, 0.29) is 23.6 Å². The lowest BCUT2D eigenvalue weighted by Gasteiger charge is -2.02. The number of rotatable bonds is 5. The molecule has 3 aromatic rings. The fourth-order valence-electron chi connectivity index (χ4n) is 2.28. The van der Waals surface area contributed by atoms with Gasteiger partial charge in [0.25, 0.3) is 11.5 Å². The zero-order valence-electron chi connectivity index (χ0n) is 13.5. The summed E-state index contributed by atoms with van der Waals surface area (Å²) in [6.07, 6.45) is 0.421. The first kappa shape index (κ1) is 17.2. The smallest absolute Gasteiger partial charge is 0.268 e. The highest BCUT2D eigenvalue weighted by atomic mass is 32.1. The van der Waals surface area contributed by atoms with Crippen LogP contribution in [-0.4, -0.2) is 26.8 Å². The highest BCUT2D eigenvalue weighted by Gasteiger charge is 2.13. The molecule has 0 radical (unpaired) electrons. The van der Waals surface area contributed by atoms with E-state index in [4.69, 9.17) is 5.73 Å². The molecule has 3 heterocycles. The molecule has 130 valence electrons. The van der Waals surface area contributed by atoms with Gasteiger partial charge in [-0.05, 0) is 19.4 Å². The predicted molar refractivity (Wildman–Crippen MR) is 97.3 cm³/mol. The number of nitrogens with two attached hydrogens (primary N) is 1. The van der Waals surface area contributed by atoms with Crippen LogP contribution in [0.1, 0.15) is 33.2 Å². The number of anilines is 1. The third-order valence-electron chi connectivity index (χ3n) is 3.68. The van der Waals surface area contributed by atoms with Crippen LogP contribution in [0.5, 0.6) is 0 Å². The van der Waals surface area contributed by atoms with Crippen molar-refractivity contribution in [3.63, 3.8) is 0 Å². The third-order valence-corrected chi connectivity index (χ3v) is 5.54. The maximum Gasteiger partial charge on any atom is 0.268 e. The predicted octanol–water partition coefficient (Wildman–Crippen LogP) is 1.73. The average molecular weight is 377 g/mol. The molecule has 3 rings (SSSR count). The quantitative estimate of drug-likeness (QED) is 0.623. The number of carbonyl (C=O) groups is 2. The van der Waals surface area contributed by atoms with Crippen molar-refractivity contribution in [1.82, 2.24) is 15.0 Å². The van der Waals surface area contributed by atoms with Gasteiger partial charge < -0.3 is 16.0 Å². The number of aromatic nitrogens is 3. The molecule has 0 aliphatic carbocycles. The van der Waals surface area contributed by atoms with Crippen LogP contribution in [0, 0.1) is 13.8 Å². The summed E-state index contributed by atoms with van der Waals surface area (Å²) < 4.78 is 0. The van der Waals surface area contributed by atoms with E-state index >= 15 is 0 Å². The van der Waals surface area contributed by atoms with Crippen LogP contribution in [0.4, 0.5) is 5.13 Å². The van der Waals surface area contributed by atoms with E-state index < -0.39 is 5.91 Å². The first-order valence-corrected chi connectivity index (χ1v) is 9.09. The topological polar surface area (TPSA) is 131 Å². The monoisotopic (exact) mass is 377 g/mol. The fraction of sp³-hybridized carbons (Fsp3) is 0.267. The lowest BCUT2D eigenvalue weighted by molar-refractivity contribution is -0.116. The summed E-state index contributed by atoms with van der Waals surface area (Å²) in [5.74, 6) is -0.467. The van der Waals surface area contributed by atoms with E-state index in [9.17, 15) is 14.4 Å². The van der Waals surface area contributed by atoms with Gasteiger partial charge in [-0.15, -0.1) is 22.7 Å². The number of amides is 2. The number of aromatic amines is 1. The van der Waals surface area contributed by atoms with Crippen LogP contribution in [0.2, 0.25) is 0 Å². The zero-order chi connectivity index (χ0) is 18.1. The number of carbonyl (C=O) groups excluding carboxylic acids is 2. The summed E-state index contributed by atoms with van der Waals surface area (Å²) in [5, 5.41) is 4.99. The van der Waals surface area contributed by atoms with Crippen molar-refractivity contribution in [1.29, 1.82) is 0 Å². The van der Waals surface area contributed by atoms with E-state index in [0.717, 1.165) is 21.8 Å². The van der Waals surface area contributed by atoms with E-state index in [1.54, 1.807) is 0 Å². The molecule has 0 aliphatic rings. The van der Waals surface area contributed by atoms with Crippen molar-refractivity contribution in [2.45, 2.75) is 26.7 Å². The molecule has 3 aromatic heterocycles. The van der Waals surface area contributed by atoms with Gasteiger partial charge in [-0.2, -0.15) is 0 Å². The minimum absolute atomic E-state index is 0.111. The molecule has 0 aromatic carbocycles. The lowest BCUT2D eigenvalue weighted by atomic mass is 10.2. The standard InChI is InChI=1S/C15H15N5O3S2/c1-6-7(2)25-14-11(6)13(23)18-9(19-14)3-4-10(21)20-15-17-8(5-24-15)12(16)22/h5H,3-4H2,1-2H3,(H2,16,22)(H,17,20,21)(H,18,19,23). The Morgan fingerprint density at radius 1 is 1.32 bits per heavy atom. The Balaban J connectivity index is 1.68. The number of thiophene rings is 1. The Morgan fingerprint density at radius 2 is 2.08 bits per heavy atom. The zero-order valence-corrected chi connectivity index (χ0v) is 15.1. The summed E-state index contributed by atoms with van der Waals surface area (Å²) in [6, 6.07) is 0. The molecule has 25 heavy (non-hydrogen) atoms. The highest BCUT2D eigenvalue weighted by Crippen LogP contribution is 2.25. The SMILES string of the molecule is Cc1sc2nc(CCC(=O)Nc3nc(C(N)=O)cs3)[nH]c(=O)c2c1C. The second kappa shape index (κ2) is 6.73.